The van der Waals surface area contributed by atoms with Crippen LogP contribution in [0.3, 0.4) is 0 Å². The maximum atomic E-state index is 5.43. The second kappa shape index (κ2) is 11.1. The highest BCUT2D eigenvalue weighted by molar-refractivity contribution is 6.33. The van der Waals surface area contributed by atoms with E-state index in [4.69, 9.17) is 9.97 Å². The monoisotopic (exact) mass is 678 g/mol. The van der Waals surface area contributed by atoms with Gasteiger partial charge in [0.25, 0.3) is 0 Å². The highest BCUT2D eigenvalue weighted by Gasteiger charge is 2.42. The Morgan fingerprint density at radius 1 is 0.491 bits per heavy atom. The normalized spacial score (nSPS) is 13.2. The van der Waals surface area contributed by atoms with E-state index in [9.17, 15) is 0 Å². The van der Waals surface area contributed by atoms with Crippen LogP contribution < -0.4 is 0 Å². The molecule has 0 saturated carbocycles. The Kier molecular flexibility index (Phi) is 6.27. The predicted molar refractivity (Wildman–Crippen MR) is 219 cm³/mol. The van der Waals surface area contributed by atoms with Crippen molar-refractivity contribution in [3.05, 3.63) is 181 Å². The van der Waals surface area contributed by atoms with Crippen LogP contribution in [0.2, 0.25) is 0 Å². The first-order valence-electron chi connectivity index (χ1n) is 18.3. The van der Waals surface area contributed by atoms with Crippen molar-refractivity contribution >= 4 is 43.6 Å². The zero-order valence-corrected chi connectivity index (χ0v) is 29.5. The number of benzene rings is 7. The lowest BCUT2D eigenvalue weighted by Gasteiger charge is -2.24. The lowest BCUT2D eigenvalue weighted by molar-refractivity contribution is 0.664. The molecule has 0 bridgehead atoms. The average Bonchev–Trinajstić information content (AvgIpc) is 3.82. The summed E-state index contributed by atoms with van der Waals surface area (Å²) in [4.78, 5) is 10.6. The van der Waals surface area contributed by atoms with Crippen molar-refractivity contribution in [3.63, 3.8) is 0 Å². The van der Waals surface area contributed by atoms with Gasteiger partial charge in [-0.3, -0.25) is 4.57 Å². The van der Waals surface area contributed by atoms with E-state index in [1.165, 1.54) is 60.3 Å². The quantitative estimate of drug-likeness (QED) is 0.186. The largest absolute Gasteiger partial charge is 0.309 e. The standard InChI is InChI=1S/C49H34N4/c1-49(2)37-27-15-12-24-34(37)44-45(49)47-43(35-25-13-16-28-39(35)52(47)33-22-10-5-11-23-33)42-36-26-14-17-29-40(36)53(46(42)44)41-30-38(31-18-6-3-7-19-31)50-48(51-41)32-20-8-4-9-21-32/h3-30H,1-2H3. The number of aromatic nitrogens is 4. The molecule has 0 fully saturated rings. The first kappa shape index (κ1) is 29.9. The Morgan fingerprint density at radius 3 is 1.74 bits per heavy atom. The number of rotatable bonds is 4. The molecule has 53 heavy (non-hydrogen) atoms. The van der Waals surface area contributed by atoms with Crippen LogP contribution in [0.1, 0.15) is 25.0 Å². The van der Waals surface area contributed by atoms with Crippen molar-refractivity contribution in [2.75, 3.05) is 0 Å². The Hall–Kier alpha value is -6.78. The molecule has 0 aliphatic heterocycles. The lowest BCUT2D eigenvalue weighted by Crippen LogP contribution is -2.16. The van der Waals surface area contributed by atoms with Crippen molar-refractivity contribution in [1.29, 1.82) is 0 Å². The fourth-order valence-corrected chi connectivity index (χ4v) is 9.05. The second-order valence-corrected chi connectivity index (χ2v) is 14.6. The van der Waals surface area contributed by atoms with Crippen LogP contribution in [-0.4, -0.2) is 19.1 Å². The van der Waals surface area contributed by atoms with E-state index in [0.29, 0.717) is 5.82 Å². The highest BCUT2D eigenvalue weighted by atomic mass is 15.1. The molecular weight excluding hydrogens is 645 g/mol. The summed E-state index contributed by atoms with van der Waals surface area (Å²) < 4.78 is 4.94. The van der Waals surface area contributed by atoms with E-state index in [2.05, 4.69) is 187 Å². The van der Waals surface area contributed by atoms with E-state index >= 15 is 0 Å². The zero-order valence-electron chi connectivity index (χ0n) is 29.5. The van der Waals surface area contributed by atoms with E-state index in [1.54, 1.807) is 0 Å². The smallest absolute Gasteiger partial charge is 0.162 e. The van der Waals surface area contributed by atoms with Gasteiger partial charge in [0.05, 0.1) is 27.8 Å². The first-order valence-corrected chi connectivity index (χ1v) is 18.3. The van der Waals surface area contributed by atoms with E-state index < -0.39 is 0 Å². The Morgan fingerprint density at radius 2 is 1.04 bits per heavy atom. The molecule has 11 rings (SSSR count). The van der Waals surface area contributed by atoms with Crippen LogP contribution in [0.25, 0.3) is 88.9 Å². The van der Waals surface area contributed by atoms with Gasteiger partial charge in [0.15, 0.2) is 5.82 Å². The van der Waals surface area contributed by atoms with Crippen LogP contribution in [-0.2, 0) is 5.41 Å². The molecule has 250 valence electrons. The average molecular weight is 679 g/mol. The van der Waals surface area contributed by atoms with Gasteiger partial charge >= 0.3 is 0 Å². The molecule has 7 aromatic carbocycles. The number of hydrogen-bond acceptors (Lipinski definition) is 2. The zero-order chi connectivity index (χ0) is 35.3. The van der Waals surface area contributed by atoms with Gasteiger partial charge in [-0.05, 0) is 41.0 Å². The molecule has 1 aliphatic rings. The van der Waals surface area contributed by atoms with Gasteiger partial charge in [-0.1, -0.05) is 153 Å². The Labute approximate surface area is 307 Å². The van der Waals surface area contributed by atoms with Crippen LogP contribution in [0, 0.1) is 0 Å². The molecule has 3 aromatic heterocycles. The molecule has 3 heterocycles. The third-order valence-corrected chi connectivity index (χ3v) is 11.3. The molecule has 0 atom stereocenters. The minimum Gasteiger partial charge on any atom is -0.309 e. The fraction of sp³-hybridized carbons (Fsp3) is 0.0612. The molecule has 1 aliphatic carbocycles. The molecule has 0 N–H and O–H groups in total. The molecule has 0 amide bonds. The SMILES string of the molecule is CC1(C)c2ccccc2-c2c1c1c(c3ccccc3n1-c1ccccc1)c1c3ccccc3n(-c3cc(-c4ccccc4)nc(-c4ccccc4)n3)c21. The van der Waals surface area contributed by atoms with Gasteiger partial charge in [-0.25, -0.2) is 9.97 Å². The minimum absolute atomic E-state index is 0.281. The molecule has 0 spiro atoms. The van der Waals surface area contributed by atoms with Gasteiger partial charge in [0, 0.05) is 55.4 Å². The predicted octanol–water partition coefficient (Wildman–Crippen LogP) is 12.3. The number of fused-ring (bicyclic) bond motifs is 12. The molecule has 0 radical (unpaired) electrons. The van der Waals surface area contributed by atoms with Gasteiger partial charge in [0.2, 0.25) is 0 Å². The third kappa shape index (κ3) is 4.18. The third-order valence-electron chi connectivity index (χ3n) is 11.3. The van der Waals surface area contributed by atoms with Gasteiger partial charge in [-0.2, -0.15) is 0 Å². The summed E-state index contributed by atoms with van der Waals surface area (Å²) in [5, 5.41) is 4.96. The van der Waals surface area contributed by atoms with E-state index in [1.807, 2.05) is 6.07 Å². The van der Waals surface area contributed by atoms with Gasteiger partial charge < -0.3 is 4.57 Å². The summed E-state index contributed by atoms with van der Waals surface area (Å²) >= 11 is 0. The number of para-hydroxylation sites is 3. The van der Waals surface area contributed by atoms with Crippen LogP contribution in [0.5, 0.6) is 0 Å². The van der Waals surface area contributed by atoms with E-state index in [0.717, 1.165) is 33.8 Å². The summed E-state index contributed by atoms with van der Waals surface area (Å²) in [6, 6.07) is 60.6. The van der Waals surface area contributed by atoms with Crippen molar-refractivity contribution < 1.29 is 0 Å². The Balaban J connectivity index is 1.40. The summed E-state index contributed by atoms with van der Waals surface area (Å²) in [7, 11) is 0. The van der Waals surface area contributed by atoms with Gasteiger partial charge in [0.1, 0.15) is 5.82 Å². The first-order chi connectivity index (χ1) is 26.1. The van der Waals surface area contributed by atoms with Crippen LogP contribution >= 0.6 is 0 Å². The second-order valence-electron chi connectivity index (χ2n) is 14.6. The molecular formula is C49H34N4. The number of hydrogen-bond donors (Lipinski definition) is 0. The van der Waals surface area contributed by atoms with Crippen molar-refractivity contribution in [1.82, 2.24) is 19.1 Å². The fourth-order valence-electron chi connectivity index (χ4n) is 9.05. The summed E-state index contributed by atoms with van der Waals surface area (Å²) in [6.07, 6.45) is 0. The molecule has 4 nitrogen and oxygen atoms in total. The lowest BCUT2D eigenvalue weighted by atomic mass is 9.81. The van der Waals surface area contributed by atoms with E-state index in [-0.39, 0.29) is 5.41 Å². The summed E-state index contributed by atoms with van der Waals surface area (Å²) in [6.45, 7) is 4.79. The topological polar surface area (TPSA) is 35.6 Å². The molecule has 0 unspecified atom stereocenters. The minimum atomic E-state index is -0.281. The van der Waals surface area contributed by atoms with Crippen molar-refractivity contribution in [2.24, 2.45) is 0 Å². The summed E-state index contributed by atoms with van der Waals surface area (Å²) in [5.41, 5.74) is 13.8. The Bertz CT molecular complexity index is 3000. The van der Waals surface area contributed by atoms with Crippen LogP contribution in [0.15, 0.2) is 170 Å². The van der Waals surface area contributed by atoms with Crippen molar-refractivity contribution in [3.8, 4) is 45.3 Å². The maximum absolute atomic E-state index is 5.43. The van der Waals surface area contributed by atoms with Gasteiger partial charge in [-0.15, -0.1) is 0 Å². The molecule has 0 saturated heterocycles. The molecule has 4 heteroatoms. The summed E-state index contributed by atoms with van der Waals surface area (Å²) in [5.74, 6) is 1.55. The molecule has 10 aromatic rings. The highest BCUT2D eigenvalue weighted by Crippen LogP contribution is 2.58. The number of nitrogens with zero attached hydrogens (tertiary/aromatic N) is 4. The van der Waals surface area contributed by atoms with Crippen LogP contribution in [0.4, 0.5) is 0 Å². The maximum Gasteiger partial charge on any atom is 0.162 e. The van der Waals surface area contributed by atoms with Crippen molar-refractivity contribution in [2.45, 2.75) is 19.3 Å².